The predicted molar refractivity (Wildman–Crippen MR) is 54.8 cm³/mol. The number of nitrogens with two attached hydrogens (primary N) is 1. The van der Waals surface area contributed by atoms with E-state index in [1.54, 1.807) is 0 Å². The zero-order chi connectivity index (χ0) is 12.3. The first-order chi connectivity index (χ1) is 7.36. The van der Waals surface area contributed by atoms with Gasteiger partial charge >= 0.3 is 5.97 Å². The van der Waals surface area contributed by atoms with E-state index in [9.17, 15) is 13.2 Å². The quantitative estimate of drug-likeness (QED) is 0.623. The number of hydrogen-bond acceptors (Lipinski definition) is 6. The van der Waals surface area contributed by atoms with Gasteiger partial charge in [-0.2, -0.15) is 9.82 Å². The Kier molecular flexibility index (Phi) is 3.50. The van der Waals surface area contributed by atoms with Gasteiger partial charge in [-0.05, 0) is 0 Å². The molecule has 0 aliphatic carbocycles. The van der Waals surface area contributed by atoms with Gasteiger partial charge in [0.05, 0.1) is 7.11 Å². The average Bonchev–Trinajstić information content (AvgIpc) is 2.55. The minimum Gasteiger partial charge on any atom is -0.468 e. The summed E-state index contributed by atoms with van der Waals surface area (Å²) in [5.41, 5.74) is 5.40. The number of carbonyl (C=O) groups excluding carboxylic acids is 1. The summed E-state index contributed by atoms with van der Waals surface area (Å²) in [5, 5.41) is 3.68. The number of esters is 1. The molecule has 0 saturated heterocycles. The highest BCUT2D eigenvalue weighted by Gasteiger charge is 2.21. The van der Waals surface area contributed by atoms with Crippen LogP contribution in [0.4, 0.5) is 5.82 Å². The third-order valence-corrected chi connectivity index (χ3v) is 3.16. The molecule has 0 aromatic carbocycles. The van der Waals surface area contributed by atoms with E-state index in [0.717, 1.165) is 7.11 Å². The molecule has 1 aromatic rings. The number of hydrogen-bond donors (Lipinski definition) is 2. The lowest BCUT2D eigenvalue weighted by Crippen LogP contribution is -2.30. The molecule has 9 heteroatoms. The number of aryl methyl sites for hydroxylation is 1. The van der Waals surface area contributed by atoms with Crippen LogP contribution in [0.25, 0.3) is 0 Å². The molecule has 3 N–H and O–H groups in total. The molecule has 8 nitrogen and oxygen atoms in total. The van der Waals surface area contributed by atoms with Gasteiger partial charge in [0, 0.05) is 13.2 Å². The van der Waals surface area contributed by atoms with Crippen molar-refractivity contribution in [3.8, 4) is 0 Å². The van der Waals surface area contributed by atoms with Gasteiger partial charge < -0.3 is 10.5 Å². The number of carbonyl (C=O) groups is 1. The maximum Gasteiger partial charge on any atom is 0.320 e. The van der Waals surface area contributed by atoms with Crippen LogP contribution >= 0.6 is 0 Å². The Bertz CT molecular complexity index is 492. The minimum absolute atomic E-state index is 0.125. The summed E-state index contributed by atoms with van der Waals surface area (Å²) in [6.07, 6.45) is 1.24. The van der Waals surface area contributed by atoms with Crippen LogP contribution in [0.3, 0.4) is 0 Å². The summed E-state index contributed by atoms with van der Waals surface area (Å²) in [6.45, 7) is -0.451. The summed E-state index contributed by atoms with van der Waals surface area (Å²) in [6, 6.07) is 0. The van der Waals surface area contributed by atoms with Crippen molar-refractivity contribution in [2.45, 2.75) is 4.90 Å². The molecule has 16 heavy (non-hydrogen) atoms. The maximum atomic E-state index is 11.6. The lowest BCUT2D eigenvalue weighted by molar-refractivity contribution is -0.139. The highest BCUT2D eigenvalue weighted by atomic mass is 32.2. The van der Waals surface area contributed by atoms with E-state index in [2.05, 4.69) is 9.84 Å². The van der Waals surface area contributed by atoms with Gasteiger partial charge in [0.2, 0.25) is 10.0 Å². The van der Waals surface area contributed by atoms with Gasteiger partial charge in [-0.3, -0.25) is 9.48 Å². The van der Waals surface area contributed by atoms with Crippen LogP contribution in [0.2, 0.25) is 0 Å². The number of nitrogen functional groups attached to an aromatic ring is 1. The third-order valence-electron chi connectivity index (χ3n) is 1.75. The topological polar surface area (TPSA) is 116 Å². The average molecular weight is 248 g/mol. The normalized spacial score (nSPS) is 11.4. The van der Waals surface area contributed by atoms with Gasteiger partial charge in [0.1, 0.15) is 11.4 Å². The number of ether oxygens (including phenoxy) is 1. The van der Waals surface area contributed by atoms with Gasteiger partial charge in [0.25, 0.3) is 0 Å². The molecule has 0 saturated carbocycles. The Labute approximate surface area is 92.4 Å². The predicted octanol–water partition coefficient (Wildman–Crippen LogP) is -1.55. The van der Waals surface area contributed by atoms with Crippen molar-refractivity contribution < 1.29 is 17.9 Å². The van der Waals surface area contributed by atoms with E-state index in [-0.39, 0.29) is 10.7 Å². The summed E-state index contributed by atoms with van der Waals surface area (Å²) >= 11 is 0. The molecular weight excluding hydrogens is 236 g/mol. The first-order valence-corrected chi connectivity index (χ1v) is 5.70. The van der Waals surface area contributed by atoms with Crippen molar-refractivity contribution in [2.75, 3.05) is 19.4 Å². The van der Waals surface area contributed by atoms with E-state index in [1.165, 1.54) is 17.9 Å². The molecule has 90 valence electrons. The minimum atomic E-state index is -3.83. The third kappa shape index (κ3) is 2.70. The summed E-state index contributed by atoms with van der Waals surface area (Å²) < 4.78 is 30.9. The van der Waals surface area contributed by atoms with Gasteiger partial charge in [-0.25, -0.2) is 8.42 Å². The van der Waals surface area contributed by atoms with Crippen molar-refractivity contribution in [1.82, 2.24) is 14.5 Å². The second-order valence-electron chi connectivity index (χ2n) is 2.95. The Hall–Kier alpha value is -1.61. The highest BCUT2D eigenvalue weighted by Crippen LogP contribution is 2.14. The number of anilines is 1. The van der Waals surface area contributed by atoms with Crippen LogP contribution in [-0.2, 0) is 26.6 Å². The fourth-order valence-electron chi connectivity index (χ4n) is 0.995. The molecule has 0 atom stereocenters. The molecular formula is C7H12N4O4S. The lowest BCUT2D eigenvalue weighted by Gasteiger charge is -2.03. The standard InChI is InChI=1S/C7H12N4O4S/c1-11-4-5(7(8)10-11)16(13,14)9-3-6(12)15-2/h4,9H,3H2,1-2H3,(H2,8,10). The van der Waals surface area contributed by atoms with Crippen molar-refractivity contribution in [3.05, 3.63) is 6.20 Å². The molecule has 0 unspecified atom stereocenters. The van der Waals surface area contributed by atoms with Crippen molar-refractivity contribution in [1.29, 1.82) is 0 Å². The molecule has 0 amide bonds. The molecule has 0 fully saturated rings. The number of aromatic nitrogens is 2. The number of sulfonamides is 1. The number of rotatable bonds is 4. The van der Waals surface area contributed by atoms with E-state index in [1.807, 2.05) is 4.72 Å². The Morgan fingerprint density at radius 3 is 2.75 bits per heavy atom. The van der Waals surface area contributed by atoms with Crippen LogP contribution in [0.1, 0.15) is 0 Å². The highest BCUT2D eigenvalue weighted by molar-refractivity contribution is 7.89. The van der Waals surface area contributed by atoms with Crippen molar-refractivity contribution >= 4 is 21.8 Å². The smallest absolute Gasteiger partial charge is 0.320 e. The first kappa shape index (κ1) is 12.5. The van der Waals surface area contributed by atoms with Crippen molar-refractivity contribution in [3.63, 3.8) is 0 Å². The molecule has 0 radical (unpaired) electrons. The van der Waals surface area contributed by atoms with Gasteiger partial charge in [-0.15, -0.1) is 0 Å². The Morgan fingerprint density at radius 1 is 1.69 bits per heavy atom. The summed E-state index contributed by atoms with van der Waals surface area (Å²) in [5.74, 6) is -0.814. The van der Waals surface area contributed by atoms with E-state index in [0.29, 0.717) is 0 Å². The van der Waals surface area contributed by atoms with E-state index < -0.39 is 22.5 Å². The van der Waals surface area contributed by atoms with Crippen LogP contribution in [-0.4, -0.2) is 37.8 Å². The van der Waals surface area contributed by atoms with Crippen LogP contribution in [0.5, 0.6) is 0 Å². The second kappa shape index (κ2) is 4.49. The SMILES string of the molecule is COC(=O)CNS(=O)(=O)c1cn(C)nc1N. The Balaban J connectivity index is 2.86. The second-order valence-corrected chi connectivity index (χ2v) is 4.69. The van der Waals surface area contributed by atoms with Gasteiger partial charge in [0.15, 0.2) is 5.82 Å². The number of nitrogens with zero attached hydrogens (tertiary/aromatic N) is 2. The van der Waals surface area contributed by atoms with Gasteiger partial charge in [-0.1, -0.05) is 0 Å². The maximum absolute atomic E-state index is 11.6. The number of methoxy groups -OCH3 is 1. The fraction of sp³-hybridized carbons (Fsp3) is 0.429. The van der Waals surface area contributed by atoms with Crippen molar-refractivity contribution in [2.24, 2.45) is 7.05 Å². The molecule has 1 rings (SSSR count). The zero-order valence-electron chi connectivity index (χ0n) is 8.80. The number of nitrogens with one attached hydrogen (secondary N) is 1. The summed E-state index contributed by atoms with van der Waals surface area (Å²) in [4.78, 5) is 10.6. The van der Waals surface area contributed by atoms with E-state index >= 15 is 0 Å². The molecule has 0 aliphatic heterocycles. The zero-order valence-corrected chi connectivity index (χ0v) is 9.61. The largest absolute Gasteiger partial charge is 0.468 e. The fourth-order valence-corrected chi connectivity index (χ4v) is 2.07. The first-order valence-electron chi connectivity index (χ1n) is 4.22. The molecule has 1 aromatic heterocycles. The Morgan fingerprint density at radius 2 is 2.31 bits per heavy atom. The molecule has 1 heterocycles. The monoisotopic (exact) mass is 248 g/mol. The van der Waals surface area contributed by atoms with Crippen LogP contribution < -0.4 is 10.5 Å². The summed E-state index contributed by atoms with van der Waals surface area (Å²) in [7, 11) is -1.14. The van der Waals surface area contributed by atoms with Crippen LogP contribution in [0, 0.1) is 0 Å². The lowest BCUT2D eigenvalue weighted by atomic mass is 10.7. The van der Waals surface area contributed by atoms with E-state index in [4.69, 9.17) is 5.73 Å². The molecule has 0 bridgehead atoms. The molecule has 0 spiro atoms. The molecule has 0 aliphatic rings. The van der Waals surface area contributed by atoms with Crippen LogP contribution in [0.15, 0.2) is 11.1 Å².